The maximum atomic E-state index is 14.1. The number of benzene rings is 2. The van der Waals surface area contributed by atoms with Crippen molar-refractivity contribution in [3.63, 3.8) is 0 Å². The molecule has 1 aliphatic rings. The molecule has 3 aromatic rings. The van der Waals surface area contributed by atoms with Gasteiger partial charge in [-0.25, -0.2) is 9.87 Å². The van der Waals surface area contributed by atoms with Crippen LogP contribution in [0, 0.1) is 5.82 Å². The topological polar surface area (TPSA) is 81.8 Å². The second kappa shape index (κ2) is 8.31. The molecule has 0 amide bonds. The van der Waals surface area contributed by atoms with Gasteiger partial charge >= 0.3 is 0 Å². The van der Waals surface area contributed by atoms with Crippen LogP contribution in [-0.4, -0.2) is 17.4 Å². The SMILES string of the molecule is CC(Oc1cc(F)cc(ONC=C2COC(C)(C)O2)c1)c1ccc2[nH]c(=O)ccc2c1. The molecule has 2 heterocycles. The number of hydroxylamine groups is 1. The number of ether oxygens (including phenoxy) is 3. The quantitative estimate of drug-likeness (QED) is 0.572. The highest BCUT2D eigenvalue weighted by Crippen LogP contribution is 2.28. The summed E-state index contributed by atoms with van der Waals surface area (Å²) in [7, 11) is 0. The number of hydrogen-bond donors (Lipinski definition) is 2. The molecule has 31 heavy (non-hydrogen) atoms. The lowest BCUT2D eigenvalue weighted by Gasteiger charge is -2.17. The Morgan fingerprint density at radius 2 is 1.97 bits per heavy atom. The monoisotopic (exact) mass is 426 g/mol. The number of hydrogen-bond acceptors (Lipinski definition) is 6. The van der Waals surface area contributed by atoms with Crippen molar-refractivity contribution < 1.29 is 23.4 Å². The predicted molar refractivity (Wildman–Crippen MR) is 113 cm³/mol. The Hall–Kier alpha value is -3.52. The largest absolute Gasteiger partial charge is 0.486 e. The van der Waals surface area contributed by atoms with Gasteiger partial charge in [-0.3, -0.25) is 4.79 Å². The fraction of sp³-hybridized carbons (Fsp3) is 0.261. The fourth-order valence-electron chi connectivity index (χ4n) is 3.22. The predicted octanol–water partition coefficient (Wildman–Crippen LogP) is 4.31. The first-order valence-corrected chi connectivity index (χ1v) is 9.82. The van der Waals surface area contributed by atoms with Crippen molar-refractivity contribution in [2.75, 3.05) is 6.61 Å². The number of fused-ring (bicyclic) bond motifs is 1. The van der Waals surface area contributed by atoms with Gasteiger partial charge in [-0.2, -0.15) is 0 Å². The number of H-pyrrole nitrogens is 1. The van der Waals surface area contributed by atoms with Crippen LogP contribution < -0.4 is 20.6 Å². The van der Waals surface area contributed by atoms with Gasteiger partial charge in [-0.05, 0) is 36.1 Å². The van der Waals surface area contributed by atoms with Crippen molar-refractivity contribution in [2.24, 2.45) is 0 Å². The molecule has 7 nitrogen and oxygen atoms in total. The molecule has 0 saturated carbocycles. The second-order valence-corrected chi connectivity index (χ2v) is 7.67. The van der Waals surface area contributed by atoms with Gasteiger partial charge in [0.05, 0.1) is 6.20 Å². The van der Waals surface area contributed by atoms with E-state index in [9.17, 15) is 9.18 Å². The zero-order chi connectivity index (χ0) is 22.0. The van der Waals surface area contributed by atoms with Gasteiger partial charge in [-0.15, -0.1) is 0 Å². The van der Waals surface area contributed by atoms with Crippen LogP contribution in [0.2, 0.25) is 0 Å². The van der Waals surface area contributed by atoms with E-state index in [0.717, 1.165) is 16.5 Å². The lowest BCUT2D eigenvalue weighted by molar-refractivity contribution is -0.116. The Balaban J connectivity index is 1.44. The molecule has 0 aliphatic carbocycles. The van der Waals surface area contributed by atoms with Gasteiger partial charge in [-0.1, -0.05) is 6.07 Å². The molecule has 1 fully saturated rings. The van der Waals surface area contributed by atoms with E-state index in [1.54, 1.807) is 26.0 Å². The third-order valence-corrected chi connectivity index (χ3v) is 4.71. The highest BCUT2D eigenvalue weighted by atomic mass is 19.1. The van der Waals surface area contributed by atoms with Crippen LogP contribution in [0.5, 0.6) is 11.5 Å². The number of halogens is 1. The standard InChI is InChI=1S/C23H23FN2O5/c1-14(15-4-6-21-16(8-15)5-7-22(27)26-21)29-18-9-17(24)10-19(11-18)31-25-12-20-13-28-23(2,3)30-20/h4-12,14,25H,13H2,1-3H3,(H,26,27). The first-order valence-electron chi connectivity index (χ1n) is 9.82. The number of rotatable bonds is 6. The molecule has 0 bridgehead atoms. The molecule has 162 valence electrons. The summed E-state index contributed by atoms with van der Waals surface area (Å²) in [6.45, 7) is 5.79. The molecule has 1 aromatic heterocycles. The normalized spacial score (nSPS) is 17.4. The fourth-order valence-corrected chi connectivity index (χ4v) is 3.22. The summed E-state index contributed by atoms with van der Waals surface area (Å²) >= 11 is 0. The van der Waals surface area contributed by atoms with E-state index < -0.39 is 11.6 Å². The molecule has 8 heteroatoms. The minimum Gasteiger partial charge on any atom is -0.486 e. The molecule has 4 rings (SSSR count). The summed E-state index contributed by atoms with van der Waals surface area (Å²) in [6.07, 6.45) is 1.16. The summed E-state index contributed by atoms with van der Waals surface area (Å²) < 4.78 is 31.0. The van der Waals surface area contributed by atoms with Crippen molar-refractivity contribution in [1.82, 2.24) is 10.5 Å². The molecule has 2 N–H and O–H groups in total. The van der Waals surface area contributed by atoms with Gasteiger partial charge in [0.25, 0.3) is 0 Å². The van der Waals surface area contributed by atoms with Crippen molar-refractivity contribution in [3.05, 3.63) is 82.2 Å². The molecular formula is C23H23FN2O5. The van der Waals surface area contributed by atoms with E-state index in [1.165, 1.54) is 24.4 Å². The summed E-state index contributed by atoms with van der Waals surface area (Å²) in [5, 5.41) is 0.884. The first kappa shape index (κ1) is 20.7. The Labute approximate surface area is 178 Å². The average molecular weight is 426 g/mol. The zero-order valence-corrected chi connectivity index (χ0v) is 17.4. The van der Waals surface area contributed by atoms with Crippen molar-refractivity contribution in [1.29, 1.82) is 0 Å². The van der Waals surface area contributed by atoms with E-state index in [2.05, 4.69) is 10.5 Å². The van der Waals surface area contributed by atoms with E-state index in [1.807, 2.05) is 25.1 Å². The first-order chi connectivity index (χ1) is 14.8. The third-order valence-electron chi connectivity index (χ3n) is 4.71. The average Bonchev–Trinajstić information content (AvgIpc) is 3.05. The van der Waals surface area contributed by atoms with Crippen molar-refractivity contribution >= 4 is 10.9 Å². The smallest absolute Gasteiger partial charge is 0.248 e. The summed E-state index contributed by atoms with van der Waals surface area (Å²) in [6, 6.07) is 12.9. The number of aromatic amines is 1. The highest BCUT2D eigenvalue weighted by molar-refractivity contribution is 5.79. The summed E-state index contributed by atoms with van der Waals surface area (Å²) in [5.74, 6) is -0.0360. The van der Waals surface area contributed by atoms with Crippen LogP contribution in [-0.2, 0) is 9.47 Å². The van der Waals surface area contributed by atoms with Crippen LogP contribution in [0.25, 0.3) is 10.9 Å². The Kier molecular flexibility index (Phi) is 5.56. The molecule has 2 aromatic carbocycles. The number of nitrogens with one attached hydrogen (secondary N) is 2. The maximum absolute atomic E-state index is 14.1. The Morgan fingerprint density at radius 3 is 2.74 bits per heavy atom. The molecule has 1 aliphatic heterocycles. The van der Waals surface area contributed by atoms with Crippen LogP contribution in [0.4, 0.5) is 4.39 Å². The second-order valence-electron chi connectivity index (χ2n) is 7.67. The summed E-state index contributed by atoms with van der Waals surface area (Å²) in [5.41, 5.74) is 4.10. The third kappa shape index (κ3) is 5.16. The minimum atomic E-state index is -0.679. The maximum Gasteiger partial charge on any atom is 0.248 e. The highest BCUT2D eigenvalue weighted by Gasteiger charge is 2.28. The van der Waals surface area contributed by atoms with Crippen molar-refractivity contribution in [2.45, 2.75) is 32.7 Å². The van der Waals surface area contributed by atoms with Gasteiger partial charge in [0, 0.05) is 43.6 Å². The molecule has 0 radical (unpaired) electrons. The van der Waals surface area contributed by atoms with Crippen LogP contribution in [0.1, 0.15) is 32.4 Å². The minimum absolute atomic E-state index is 0.156. The molecular weight excluding hydrogens is 403 g/mol. The molecule has 1 atom stereocenters. The van der Waals surface area contributed by atoms with Crippen LogP contribution >= 0.6 is 0 Å². The lowest BCUT2D eigenvalue weighted by Crippen LogP contribution is -2.19. The summed E-state index contributed by atoms with van der Waals surface area (Å²) in [4.78, 5) is 19.6. The van der Waals surface area contributed by atoms with Gasteiger partial charge in [0.2, 0.25) is 11.3 Å². The van der Waals surface area contributed by atoms with Crippen molar-refractivity contribution in [3.8, 4) is 11.5 Å². The molecule has 0 spiro atoms. The number of pyridine rings is 1. The molecule has 1 unspecified atom stereocenters. The van der Waals surface area contributed by atoms with E-state index in [-0.39, 0.29) is 17.4 Å². The van der Waals surface area contributed by atoms with Crippen LogP contribution in [0.15, 0.2) is 65.3 Å². The van der Waals surface area contributed by atoms with E-state index in [4.69, 9.17) is 19.0 Å². The molecule has 1 saturated heterocycles. The van der Waals surface area contributed by atoms with Crippen LogP contribution in [0.3, 0.4) is 0 Å². The number of aromatic nitrogens is 1. The lowest BCUT2D eigenvalue weighted by atomic mass is 10.1. The van der Waals surface area contributed by atoms with Gasteiger partial charge in [0.15, 0.2) is 5.75 Å². The van der Waals surface area contributed by atoms with Gasteiger partial charge in [0.1, 0.15) is 30.0 Å². The zero-order valence-electron chi connectivity index (χ0n) is 17.4. The Bertz CT molecular complexity index is 1190. The van der Waals surface area contributed by atoms with E-state index in [0.29, 0.717) is 18.1 Å². The van der Waals surface area contributed by atoms with E-state index >= 15 is 0 Å². The van der Waals surface area contributed by atoms with Gasteiger partial charge < -0.3 is 24.0 Å². The Morgan fingerprint density at radius 1 is 1.16 bits per heavy atom.